The molecule has 0 bridgehead atoms. The molecule has 0 saturated carbocycles. The van der Waals surface area contributed by atoms with E-state index in [1.54, 1.807) is 12.1 Å². The van der Waals surface area contributed by atoms with Crippen LogP contribution in [0.3, 0.4) is 0 Å². The molecule has 0 atom stereocenters. The van der Waals surface area contributed by atoms with Crippen molar-refractivity contribution in [3.8, 4) is 11.8 Å². The number of ether oxygens (including phenoxy) is 1. The van der Waals surface area contributed by atoms with Crippen LogP contribution >= 0.6 is 0 Å². The van der Waals surface area contributed by atoms with Crippen LogP contribution in [0.1, 0.15) is 26.8 Å². The van der Waals surface area contributed by atoms with E-state index in [-0.39, 0.29) is 13.6 Å². The molecule has 5 nitrogen and oxygen atoms in total. The second kappa shape index (κ2) is 6.80. The molecule has 0 aromatic heterocycles. The molecule has 2 rings (SSSR count). The largest absolute Gasteiger partial charge is 0.490 e. The molecular weight excluding hydrogens is 254 g/mol. The number of carbonyl (C=O) groups is 1. The second-order valence-corrected chi connectivity index (χ2v) is 4.78. The Morgan fingerprint density at radius 1 is 1.55 bits per heavy atom. The van der Waals surface area contributed by atoms with Gasteiger partial charge in [-0.25, -0.2) is 4.79 Å². The summed E-state index contributed by atoms with van der Waals surface area (Å²) in [5.41, 5.74) is 0.599. The summed E-state index contributed by atoms with van der Waals surface area (Å²) >= 11 is 0. The zero-order valence-electron chi connectivity index (χ0n) is 11.6. The third kappa shape index (κ3) is 3.64. The number of hydrogen-bond donors (Lipinski definition) is 1. The third-order valence-electron chi connectivity index (χ3n) is 3.32. The first-order chi connectivity index (χ1) is 9.72. The molecule has 1 aromatic rings. The minimum atomic E-state index is -0.00238. The summed E-state index contributed by atoms with van der Waals surface area (Å²) in [6, 6.07) is 9.27. The number of hydrogen-bond acceptors (Lipinski definition) is 3. The molecule has 20 heavy (non-hydrogen) atoms. The Balaban J connectivity index is 0.00000220. The van der Waals surface area contributed by atoms with E-state index in [0.717, 1.165) is 18.6 Å². The van der Waals surface area contributed by atoms with E-state index in [1.165, 1.54) is 0 Å². The average molecular weight is 275 g/mol. The fraction of sp³-hybridized carbons (Fsp3) is 0.467. The van der Waals surface area contributed by atoms with Gasteiger partial charge < -0.3 is 15.0 Å². The molecule has 1 aliphatic heterocycles. The molecule has 1 fully saturated rings. The van der Waals surface area contributed by atoms with Gasteiger partial charge in [-0.1, -0.05) is 6.07 Å². The topological polar surface area (TPSA) is 65.4 Å². The van der Waals surface area contributed by atoms with Crippen LogP contribution in [0.5, 0.6) is 5.75 Å². The van der Waals surface area contributed by atoms with E-state index in [0.29, 0.717) is 25.2 Å². The highest BCUT2D eigenvalue weighted by Gasteiger charge is 2.23. The van der Waals surface area contributed by atoms with Gasteiger partial charge in [0, 0.05) is 33.9 Å². The van der Waals surface area contributed by atoms with Crippen molar-refractivity contribution in [3.05, 3.63) is 29.8 Å². The summed E-state index contributed by atoms with van der Waals surface area (Å²) in [6.45, 7) is 3.97. The number of nitrogens with one attached hydrogen (secondary N) is 1. The van der Waals surface area contributed by atoms with Gasteiger partial charge in [-0.2, -0.15) is 5.26 Å². The minimum absolute atomic E-state index is 0. The normalized spacial score (nSPS) is 15.5. The maximum Gasteiger partial charge on any atom is 0.317 e. The van der Waals surface area contributed by atoms with Crippen LogP contribution in [-0.2, 0) is 0 Å². The van der Waals surface area contributed by atoms with Crippen LogP contribution in [0.15, 0.2) is 24.3 Å². The number of benzene rings is 1. The van der Waals surface area contributed by atoms with Crippen LogP contribution < -0.4 is 10.1 Å². The molecular formula is C15H21N3O2. The summed E-state index contributed by atoms with van der Waals surface area (Å²) in [4.78, 5) is 13.5. The first-order valence-corrected chi connectivity index (χ1v) is 6.92. The molecule has 0 unspecified atom stereocenters. The molecule has 1 N–H and O–H groups in total. The number of carbonyl (C=O) groups excluding carboxylic acids is 1. The van der Waals surface area contributed by atoms with Gasteiger partial charge in [-0.3, -0.25) is 0 Å². The third-order valence-corrected chi connectivity index (χ3v) is 3.32. The Bertz CT molecular complexity index is 508. The first kappa shape index (κ1) is 14.2. The molecule has 108 valence electrons. The number of amides is 2. The van der Waals surface area contributed by atoms with Crippen molar-refractivity contribution in [1.82, 2.24) is 10.2 Å². The maximum atomic E-state index is 11.7. The van der Waals surface area contributed by atoms with Crippen LogP contribution in [-0.4, -0.2) is 36.7 Å². The van der Waals surface area contributed by atoms with E-state index in [1.807, 2.05) is 24.0 Å². The average Bonchev–Trinajstić information content (AvgIpc) is 2.48. The number of urea groups is 1. The Morgan fingerprint density at radius 3 is 2.95 bits per heavy atom. The highest BCUT2D eigenvalue weighted by Crippen LogP contribution is 2.20. The lowest BCUT2D eigenvalue weighted by Gasteiger charge is -2.32. The monoisotopic (exact) mass is 275 g/mol. The molecule has 1 saturated heterocycles. The number of nitrogens with zero attached hydrogens (tertiary/aromatic N) is 2. The Hall–Kier alpha value is -2.22. The highest BCUT2D eigenvalue weighted by atomic mass is 16.5. The predicted octanol–water partition coefficient (Wildman–Crippen LogP) is 2.38. The zero-order valence-corrected chi connectivity index (χ0v) is 11.6. The van der Waals surface area contributed by atoms with E-state index < -0.39 is 0 Å². The molecule has 0 aliphatic carbocycles. The lowest BCUT2D eigenvalue weighted by Crippen LogP contribution is -2.46. The molecule has 1 heterocycles. The van der Waals surface area contributed by atoms with Crippen LogP contribution in [0.4, 0.5) is 4.79 Å². The Kier molecular flexibility index (Phi) is 4.83. The minimum Gasteiger partial charge on any atom is -0.490 e. The quantitative estimate of drug-likeness (QED) is 0.921. The lowest BCUT2D eigenvalue weighted by atomic mass is 10.1. The Morgan fingerprint density at radius 2 is 2.30 bits per heavy atom. The van der Waals surface area contributed by atoms with Crippen molar-refractivity contribution in [2.45, 2.75) is 25.9 Å². The standard InChI is InChI=1S/C15H19N3O2.H2/c1-2-17-15(19)18-8-6-13(7-9-18)20-14-5-3-4-12(10-14)11-16;/h3-5,10,13H,2,6-9H2,1H3,(H,17,19);1H. The summed E-state index contributed by atoms with van der Waals surface area (Å²) in [5, 5.41) is 11.7. The van der Waals surface area contributed by atoms with Crippen molar-refractivity contribution in [2.24, 2.45) is 0 Å². The van der Waals surface area contributed by atoms with E-state index in [2.05, 4.69) is 11.4 Å². The highest BCUT2D eigenvalue weighted by molar-refractivity contribution is 5.74. The Labute approximate surface area is 120 Å². The van der Waals surface area contributed by atoms with Gasteiger partial charge in [0.05, 0.1) is 11.6 Å². The molecule has 0 spiro atoms. The SMILES string of the molecule is CCNC(=O)N1CCC(Oc2cccc(C#N)c2)CC1.[HH]. The number of rotatable bonds is 3. The van der Waals surface area contributed by atoms with Crippen LogP contribution in [0.25, 0.3) is 0 Å². The van der Waals surface area contributed by atoms with Crippen molar-refractivity contribution in [1.29, 1.82) is 5.26 Å². The first-order valence-electron chi connectivity index (χ1n) is 6.92. The molecule has 1 aromatic carbocycles. The van der Waals surface area contributed by atoms with Gasteiger partial charge in [-0.15, -0.1) is 0 Å². The van der Waals surface area contributed by atoms with Crippen molar-refractivity contribution < 1.29 is 11.0 Å². The smallest absolute Gasteiger partial charge is 0.317 e. The number of piperidine rings is 1. The predicted molar refractivity (Wildman–Crippen MR) is 77.6 cm³/mol. The maximum absolute atomic E-state index is 11.7. The van der Waals surface area contributed by atoms with Gasteiger partial charge >= 0.3 is 6.03 Å². The van der Waals surface area contributed by atoms with Crippen molar-refractivity contribution in [2.75, 3.05) is 19.6 Å². The number of likely N-dealkylation sites (tertiary alicyclic amines) is 1. The summed E-state index contributed by atoms with van der Waals surface area (Å²) in [5.74, 6) is 0.723. The van der Waals surface area contributed by atoms with Crippen molar-refractivity contribution in [3.63, 3.8) is 0 Å². The fourth-order valence-electron chi connectivity index (χ4n) is 2.27. The molecule has 5 heteroatoms. The number of nitriles is 1. The zero-order chi connectivity index (χ0) is 14.4. The lowest BCUT2D eigenvalue weighted by molar-refractivity contribution is 0.111. The second-order valence-electron chi connectivity index (χ2n) is 4.78. The molecule has 1 aliphatic rings. The van der Waals surface area contributed by atoms with Gasteiger partial charge in [0.1, 0.15) is 11.9 Å². The van der Waals surface area contributed by atoms with Gasteiger partial charge in [0.15, 0.2) is 0 Å². The van der Waals surface area contributed by atoms with E-state index in [9.17, 15) is 4.79 Å². The van der Waals surface area contributed by atoms with Crippen LogP contribution in [0.2, 0.25) is 0 Å². The van der Waals surface area contributed by atoms with E-state index in [4.69, 9.17) is 10.00 Å². The van der Waals surface area contributed by atoms with Gasteiger partial charge in [0.25, 0.3) is 0 Å². The molecule has 0 radical (unpaired) electrons. The molecule has 2 amide bonds. The van der Waals surface area contributed by atoms with Crippen molar-refractivity contribution >= 4 is 6.03 Å². The van der Waals surface area contributed by atoms with Gasteiger partial charge in [0.2, 0.25) is 0 Å². The fourth-order valence-corrected chi connectivity index (χ4v) is 2.27. The van der Waals surface area contributed by atoms with Crippen LogP contribution in [0, 0.1) is 11.3 Å². The van der Waals surface area contributed by atoms with Gasteiger partial charge in [-0.05, 0) is 25.1 Å². The summed E-state index contributed by atoms with van der Waals surface area (Å²) in [7, 11) is 0. The van der Waals surface area contributed by atoms with E-state index >= 15 is 0 Å². The summed E-state index contributed by atoms with van der Waals surface area (Å²) in [6.07, 6.45) is 1.73. The summed E-state index contributed by atoms with van der Waals surface area (Å²) < 4.78 is 5.88.